The quantitative estimate of drug-likeness (QED) is 0.629. The second-order valence-electron chi connectivity index (χ2n) is 3.97. The highest BCUT2D eigenvalue weighted by atomic mass is 16.5. The first kappa shape index (κ1) is 10.0. The van der Waals surface area contributed by atoms with Crippen LogP contribution in [0.1, 0.15) is 34.1 Å². The van der Waals surface area contributed by atoms with Gasteiger partial charge in [-0.2, -0.15) is 0 Å². The smallest absolute Gasteiger partial charge is 0.0678 e. The minimum atomic E-state index is 0.405. The van der Waals surface area contributed by atoms with Gasteiger partial charge in [0.05, 0.1) is 12.2 Å². The van der Waals surface area contributed by atoms with Crippen molar-refractivity contribution in [3.8, 4) is 0 Å². The third-order valence-corrected chi connectivity index (χ3v) is 2.66. The Kier molecular flexibility index (Phi) is 3.53. The van der Waals surface area contributed by atoms with Gasteiger partial charge >= 0.3 is 0 Å². The maximum Gasteiger partial charge on any atom is 0.0678 e. The van der Waals surface area contributed by atoms with Crippen LogP contribution in [-0.2, 0) is 4.74 Å². The molecule has 0 aromatic carbocycles. The van der Waals surface area contributed by atoms with Crippen LogP contribution >= 0.6 is 0 Å². The summed E-state index contributed by atoms with van der Waals surface area (Å²) in [6.45, 7) is 11.1. The summed E-state index contributed by atoms with van der Waals surface area (Å²) in [6, 6.07) is 0.707. The topological polar surface area (TPSA) is 12.5 Å². The van der Waals surface area contributed by atoms with Gasteiger partial charge in [0.2, 0.25) is 0 Å². The van der Waals surface area contributed by atoms with Gasteiger partial charge in [-0.15, -0.1) is 0 Å². The van der Waals surface area contributed by atoms with Gasteiger partial charge in [0.15, 0.2) is 0 Å². The molecule has 3 atom stereocenters. The van der Waals surface area contributed by atoms with Crippen molar-refractivity contribution in [1.82, 2.24) is 4.90 Å². The Morgan fingerprint density at radius 3 is 2.25 bits per heavy atom. The van der Waals surface area contributed by atoms with Gasteiger partial charge < -0.3 is 4.74 Å². The van der Waals surface area contributed by atoms with Crippen LogP contribution < -0.4 is 0 Å². The lowest BCUT2D eigenvalue weighted by Crippen LogP contribution is -2.48. The van der Waals surface area contributed by atoms with E-state index in [2.05, 4.69) is 32.6 Å². The number of hydrogen-bond acceptors (Lipinski definition) is 2. The Balaban J connectivity index is 2.43. The molecular formula is C10H21NO. The van der Waals surface area contributed by atoms with Crippen molar-refractivity contribution in [3.05, 3.63) is 0 Å². The summed E-state index contributed by atoms with van der Waals surface area (Å²) in [5.41, 5.74) is 0. The van der Waals surface area contributed by atoms with Crippen LogP contribution in [0.2, 0.25) is 0 Å². The normalized spacial score (nSPS) is 35.0. The predicted molar refractivity (Wildman–Crippen MR) is 51.3 cm³/mol. The molecule has 72 valence electrons. The van der Waals surface area contributed by atoms with Gasteiger partial charge in [-0.1, -0.05) is 6.92 Å². The minimum absolute atomic E-state index is 0.405. The predicted octanol–water partition coefficient (Wildman–Crippen LogP) is 1.89. The Morgan fingerprint density at radius 2 is 1.83 bits per heavy atom. The van der Waals surface area contributed by atoms with Gasteiger partial charge in [0, 0.05) is 19.1 Å². The molecule has 0 bridgehead atoms. The van der Waals surface area contributed by atoms with Crippen molar-refractivity contribution in [2.24, 2.45) is 0 Å². The molecule has 0 aromatic rings. The van der Waals surface area contributed by atoms with Crippen molar-refractivity contribution in [3.63, 3.8) is 0 Å². The summed E-state index contributed by atoms with van der Waals surface area (Å²) in [4.78, 5) is 2.53. The number of morpholine rings is 1. The lowest BCUT2D eigenvalue weighted by atomic mass is 10.1. The summed E-state index contributed by atoms with van der Waals surface area (Å²) in [5, 5.41) is 0. The average molecular weight is 171 g/mol. The van der Waals surface area contributed by atoms with E-state index >= 15 is 0 Å². The molecule has 0 amide bonds. The molecule has 12 heavy (non-hydrogen) atoms. The van der Waals surface area contributed by atoms with Crippen LogP contribution in [0.15, 0.2) is 0 Å². The summed E-state index contributed by atoms with van der Waals surface area (Å²) >= 11 is 0. The van der Waals surface area contributed by atoms with Gasteiger partial charge in [-0.05, 0) is 27.2 Å². The summed E-state index contributed by atoms with van der Waals surface area (Å²) in [5.74, 6) is 0. The molecule has 2 heteroatoms. The lowest BCUT2D eigenvalue weighted by Gasteiger charge is -2.38. The summed E-state index contributed by atoms with van der Waals surface area (Å²) < 4.78 is 5.67. The molecule has 1 fully saturated rings. The van der Waals surface area contributed by atoms with E-state index < -0.39 is 0 Å². The Bertz CT molecular complexity index is 128. The van der Waals surface area contributed by atoms with Crippen molar-refractivity contribution in [2.45, 2.75) is 52.4 Å². The molecule has 1 saturated heterocycles. The fraction of sp³-hybridized carbons (Fsp3) is 1.00. The number of rotatable bonds is 2. The van der Waals surface area contributed by atoms with Crippen LogP contribution in [0.4, 0.5) is 0 Å². The van der Waals surface area contributed by atoms with Crippen molar-refractivity contribution in [1.29, 1.82) is 0 Å². The zero-order valence-corrected chi connectivity index (χ0v) is 8.71. The van der Waals surface area contributed by atoms with E-state index in [9.17, 15) is 0 Å². The molecule has 0 radical (unpaired) electrons. The van der Waals surface area contributed by atoms with Crippen LogP contribution in [0, 0.1) is 0 Å². The summed E-state index contributed by atoms with van der Waals surface area (Å²) in [6.07, 6.45) is 2.05. The van der Waals surface area contributed by atoms with Crippen molar-refractivity contribution < 1.29 is 4.74 Å². The van der Waals surface area contributed by atoms with Crippen LogP contribution in [0.3, 0.4) is 0 Å². The van der Waals surface area contributed by atoms with Crippen LogP contribution in [0.25, 0.3) is 0 Å². The SMILES string of the molecule is CCC(C)N1CC(C)OC(C)C1. The van der Waals surface area contributed by atoms with Gasteiger partial charge in [-0.25, -0.2) is 0 Å². The fourth-order valence-electron chi connectivity index (χ4n) is 1.84. The van der Waals surface area contributed by atoms with E-state index in [1.165, 1.54) is 6.42 Å². The molecule has 3 unspecified atom stereocenters. The molecule has 0 N–H and O–H groups in total. The maximum absolute atomic E-state index is 5.67. The Hall–Kier alpha value is -0.0800. The van der Waals surface area contributed by atoms with E-state index in [1.807, 2.05) is 0 Å². The van der Waals surface area contributed by atoms with Crippen molar-refractivity contribution >= 4 is 0 Å². The third kappa shape index (κ3) is 2.46. The molecule has 0 aliphatic carbocycles. The number of nitrogens with zero attached hydrogens (tertiary/aromatic N) is 1. The Morgan fingerprint density at radius 1 is 1.33 bits per heavy atom. The zero-order chi connectivity index (χ0) is 9.14. The lowest BCUT2D eigenvalue weighted by molar-refractivity contribution is -0.0786. The van der Waals surface area contributed by atoms with E-state index in [-0.39, 0.29) is 0 Å². The largest absolute Gasteiger partial charge is 0.373 e. The average Bonchev–Trinajstić information content (AvgIpc) is 2.01. The number of ether oxygens (including phenoxy) is 1. The molecule has 0 aromatic heterocycles. The van der Waals surface area contributed by atoms with Gasteiger partial charge in [-0.3, -0.25) is 4.90 Å². The highest BCUT2D eigenvalue weighted by Crippen LogP contribution is 2.14. The first-order valence-corrected chi connectivity index (χ1v) is 5.03. The zero-order valence-electron chi connectivity index (χ0n) is 8.71. The molecule has 1 aliphatic heterocycles. The molecular weight excluding hydrogens is 150 g/mol. The van der Waals surface area contributed by atoms with Crippen LogP contribution in [0.5, 0.6) is 0 Å². The molecule has 1 aliphatic rings. The first-order chi connectivity index (χ1) is 5.63. The van der Waals surface area contributed by atoms with E-state index in [0.29, 0.717) is 18.2 Å². The second-order valence-corrected chi connectivity index (χ2v) is 3.97. The molecule has 0 saturated carbocycles. The molecule has 2 nitrogen and oxygen atoms in total. The van der Waals surface area contributed by atoms with Gasteiger partial charge in [0.1, 0.15) is 0 Å². The maximum atomic E-state index is 5.67. The van der Waals surface area contributed by atoms with E-state index in [0.717, 1.165) is 13.1 Å². The third-order valence-electron chi connectivity index (χ3n) is 2.66. The van der Waals surface area contributed by atoms with Crippen molar-refractivity contribution in [2.75, 3.05) is 13.1 Å². The fourth-order valence-corrected chi connectivity index (χ4v) is 1.84. The molecule has 0 spiro atoms. The standard InChI is InChI=1S/C10H21NO/c1-5-8(2)11-6-9(3)12-10(4)7-11/h8-10H,5-7H2,1-4H3. The summed E-state index contributed by atoms with van der Waals surface area (Å²) in [7, 11) is 0. The molecule has 1 rings (SSSR count). The minimum Gasteiger partial charge on any atom is -0.373 e. The highest BCUT2D eigenvalue weighted by Gasteiger charge is 2.24. The monoisotopic (exact) mass is 171 g/mol. The second kappa shape index (κ2) is 4.24. The first-order valence-electron chi connectivity index (χ1n) is 5.03. The van der Waals surface area contributed by atoms with E-state index in [4.69, 9.17) is 4.74 Å². The number of hydrogen-bond donors (Lipinski definition) is 0. The Labute approximate surface area is 75.9 Å². The van der Waals surface area contributed by atoms with Crippen LogP contribution in [-0.4, -0.2) is 36.2 Å². The van der Waals surface area contributed by atoms with Gasteiger partial charge in [0.25, 0.3) is 0 Å². The molecule has 1 heterocycles. The van der Waals surface area contributed by atoms with E-state index in [1.54, 1.807) is 0 Å². The highest BCUT2D eigenvalue weighted by molar-refractivity contribution is 4.76.